The molecule has 0 aliphatic heterocycles. The van der Waals surface area contributed by atoms with Gasteiger partial charge in [0.2, 0.25) is 5.91 Å². The van der Waals surface area contributed by atoms with Gasteiger partial charge in [0.05, 0.1) is 0 Å². The van der Waals surface area contributed by atoms with Crippen LogP contribution in [0.15, 0.2) is 18.2 Å². The van der Waals surface area contributed by atoms with Crippen LogP contribution in [0.1, 0.15) is 5.56 Å². The average Bonchev–Trinajstić information content (AvgIpc) is 2.14. The molecule has 0 aliphatic carbocycles. The third kappa shape index (κ3) is 4.51. The molecular weight excluding hydrogens is 237 g/mol. The molecule has 0 atom stereocenters. The predicted octanol–water partition coefficient (Wildman–Crippen LogP) is 2.26. The zero-order chi connectivity index (χ0) is 11.3. The summed E-state index contributed by atoms with van der Waals surface area (Å²) in [5.41, 5.74) is 0.858. The maximum Gasteiger partial charge on any atom is 0.246 e. The maximum absolute atomic E-state index is 11.1. The number of benzene rings is 1. The Labute approximate surface area is 98.3 Å². The van der Waals surface area contributed by atoms with E-state index in [9.17, 15) is 4.79 Å². The molecule has 0 saturated carbocycles. The van der Waals surface area contributed by atoms with E-state index < -0.39 is 0 Å². The smallest absolute Gasteiger partial charge is 0.246 e. The SMILES string of the molecule is COCC(=O)NCc1cc(Cl)cc(Cl)c1. The highest BCUT2D eigenvalue weighted by Gasteiger charge is 2.01. The van der Waals surface area contributed by atoms with Gasteiger partial charge in [-0.25, -0.2) is 0 Å². The summed E-state index contributed by atoms with van der Waals surface area (Å²) in [6.07, 6.45) is 0. The minimum atomic E-state index is -0.173. The highest BCUT2D eigenvalue weighted by atomic mass is 35.5. The van der Waals surface area contributed by atoms with Crippen molar-refractivity contribution in [1.29, 1.82) is 0 Å². The minimum absolute atomic E-state index is 0.0499. The van der Waals surface area contributed by atoms with Crippen LogP contribution in [0.25, 0.3) is 0 Å². The summed E-state index contributed by atoms with van der Waals surface area (Å²) in [6.45, 7) is 0.441. The van der Waals surface area contributed by atoms with E-state index in [4.69, 9.17) is 23.2 Å². The Morgan fingerprint density at radius 2 is 1.93 bits per heavy atom. The predicted molar refractivity (Wildman–Crippen MR) is 60.2 cm³/mol. The molecule has 1 rings (SSSR count). The molecular formula is C10H11Cl2NO2. The van der Waals surface area contributed by atoms with Crippen molar-refractivity contribution in [2.75, 3.05) is 13.7 Å². The second-order valence-corrected chi connectivity index (χ2v) is 3.86. The number of ether oxygens (including phenoxy) is 1. The molecule has 1 aromatic rings. The van der Waals surface area contributed by atoms with Crippen molar-refractivity contribution >= 4 is 29.1 Å². The van der Waals surface area contributed by atoms with Gasteiger partial charge in [-0.15, -0.1) is 0 Å². The first-order chi connectivity index (χ1) is 7.11. The van der Waals surface area contributed by atoms with Gasteiger partial charge in [-0.2, -0.15) is 0 Å². The lowest BCUT2D eigenvalue weighted by Gasteiger charge is -2.05. The molecule has 3 nitrogen and oxygen atoms in total. The Hall–Kier alpha value is -0.770. The molecule has 0 radical (unpaired) electrons. The molecule has 0 heterocycles. The van der Waals surface area contributed by atoms with E-state index in [0.29, 0.717) is 16.6 Å². The molecule has 1 aromatic carbocycles. The molecule has 1 N–H and O–H groups in total. The topological polar surface area (TPSA) is 38.3 Å². The Morgan fingerprint density at radius 1 is 1.33 bits per heavy atom. The van der Waals surface area contributed by atoms with E-state index in [1.165, 1.54) is 7.11 Å². The largest absolute Gasteiger partial charge is 0.375 e. The molecule has 0 aromatic heterocycles. The van der Waals surface area contributed by atoms with Crippen LogP contribution in [0.3, 0.4) is 0 Å². The fourth-order valence-corrected chi connectivity index (χ4v) is 1.67. The molecule has 15 heavy (non-hydrogen) atoms. The minimum Gasteiger partial charge on any atom is -0.375 e. The summed E-state index contributed by atoms with van der Waals surface area (Å²) in [6, 6.07) is 5.14. The maximum atomic E-state index is 11.1. The van der Waals surface area contributed by atoms with Gasteiger partial charge in [0.25, 0.3) is 0 Å². The lowest BCUT2D eigenvalue weighted by Crippen LogP contribution is -2.26. The van der Waals surface area contributed by atoms with Crippen molar-refractivity contribution in [2.45, 2.75) is 6.54 Å². The fourth-order valence-electron chi connectivity index (χ4n) is 1.10. The first kappa shape index (κ1) is 12.3. The second kappa shape index (κ2) is 5.95. The molecule has 0 saturated heterocycles. The van der Waals surface area contributed by atoms with Gasteiger partial charge in [0.1, 0.15) is 6.61 Å². The summed E-state index contributed by atoms with van der Waals surface area (Å²) < 4.78 is 4.68. The second-order valence-electron chi connectivity index (χ2n) is 2.99. The molecule has 5 heteroatoms. The number of carbonyl (C=O) groups is 1. The van der Waals surface area contributed by atoms with Crippen molar-refractivity contribution < 1.29 is 9.53 Å². The lowest BCUT2D eigenvalue weighted by molar-refractivity contribution is -0.124. The van der Waals surface area contributed by atoms with Gasteiger partial charge < -0.3 is 10.1 Å². The normalized spacial score (nSPS) is 10.1. The zero-order valence-corrected chi connectivity index (χ0v) is 9.73. The van der Waals surface area contributed by atoms with Crippen molar-refractivity contribution in [3.63, 3.8) is 0 Å². The fraction of sp³-hybridized carbons (Fsp3) is 0.300. The molecule has 0 fully saturated rings. The van der Waals surface area contributed by atoms with E-state index in [1.54, 1.807) is 18.2 Å². The van der Waals surface area contributed by atoms with E-state index >= 15 is 0 Å². The van der Waals surface area contributed by atoms with Crippen LogP contribution in [-0.2, 0) is 16.1 Å². The van der Waals surface area contributed by atoms with Crippen LogP contribution in [0.4, 0.5) is 0 Å². The number of hydrogen-bond donors (Lipinski definition) is 1. The molecule has 0 aliphatic rings. The van der Waals surface area contributed by atoms with Crippen molar-refractivity contribution in [2.24, 2.45) is 0 Å². The quantitative estimate of drug-likeness (QED) is 0.887. The Balaban J connectivity index is 2.54. The third-order valence-corrected chi connectivity index (χ3v) is 2.12. The third-order valence-electron chi connectivity index (χ3n) is 1.69. The highest BCUT2D eigenvalue weighted by molar-refractivity contribution is 6.34. The van der Waals surface area contributed by atoms with Crippen molar-refractivity contribution in [1.82, 2.24) is 5.32 Å². The van der Waals surface area contributed by atoms with E-state index in [0.717, 1.165) is 5.56 Å². The lowest BCUT2D eigenvalue weighted by atomic mass is 10.2. The number of methoxy groups -OCH3 is 1. The van der Waals surface area contributed by atoms with Crippen LogP contribution in [0.2, 0.25) is 10.0 Å². The standard InChI is InChI=1S/C10H11Cl2NO2/c1-15-6-10(14)13-5-7-2-8(11)4-9(12)3-7/h2-4H,5-6H2,1H3,(H,13,14). The van der Waals surface area contributed by atoms with Crippen LogP contribution in [-0.4, -0.2) is 19.6 Å². The van der Waals surface area contributed by atoms with E-state index in [2.05, 4.69) is 10.1 Å². The summed E-state index contributed by atoms with van der Waals surface area (Å²) >= 11 is 11.6. The number of amides is 1. The summed E-state index contributed by atoms with van der Waals surface area (Å²) in [5, 5.41) is 3.78. The Kier molecular flexibility index (Phi) is 4.88. The van der Waals surface area contributed by atoms with Crippen LogP contribution >= 0.6 is 23.2 Å². The Morgan fingerprint density at radius 3 is 2.47 bits per heavy atom. The Bertz CT molecular complexity index is 335. The number of halogens is 2. The van der Waals surface area contributed by atoms with Gasteiger partial charge in [-0.1, -0.05) is 23.2 Å². The first-order valence-electron chi connectivity index (χ1n) is 4.32. The van der Waals surface area contributed by atoms with E-state index in [1.807, 2.05) is 0 Å². The summed E-state index contributed by atoms with van der Waals surface area (Å²) in [7, 11) is 1.47. The average molecular weight is 248 g/mol. The first-order valence-corrected chi connectivity index (χ1v) is 5.08. The van der Waals surface area contributed by atoms with Crippen LogP contribution < -0.4 is 5.32 Å². The number of nitrogens with one attached hydrogen (secondary N) is 1. The van der Waals surface area contributed by atoms with Crippen LogP contribution in [0, 0.1) is 0 Å². The van der Waals surface area contributed by atoms with Gasteiger partial charge in [-0.05, 0) is 23.8 Å². The highest BCUT2D eigenvalue weighted by Crippen LogP contribution is 2.18. The van der Waals surface area contributed by atoms with Crippen molar-refractivity contribution in [3.05, 3.63) is 33.8 Å². The summed E-state index contributed by atoms with van der Waals surface area (Å²) in [4.78, 5) is 11.1. The van der Waals surface area contributed by atoms with E-state index in [-0.39, 0.29) is 12.5 Å². The van der Waals surface area contributed by atoms with Gasteiger partial charge in [0.15, 0.2) is 0 Å². The summed E-state index contributed by atoms with van der Waals surface area (Å²) in [5.74, 6) is -0.173. The van der Waals surface area contributed by atoms with Gasteiger partial charge >= 0.3 is 0 Å². The number of hydrogen-bond acceptors (Lipinski definition) is 2. The van der Waals surface area contributed by atoms with Crippen LogP contribution in [0.5, 0.6) is 0 Å². The van der Waals surface area contributed by atoms with Gasteiger partial charge in [0, 0.05) is 23.7 Å². The zero-order valence-electron chi connectivity index (χ0n) is 8.22. The molecule has 0 unspecified atom stereocenters. The monoisotopic (exact) mass is 247 g/mol. The molecule has 0 bridgehead atoms. The van der Waals surface area contributed by atoms with Gasteiger partial charge in [-0.3, -0.25) is 4.79 Å². The van der Waals surface area contributed by atoms with Crippen molar-refractivity contribution in [3.8, 4) is 0 Å². The number of rotatable bonds is 4. The molecule has 82 valence electrons. The number of carbonyl (C=O) groups excluding carboxylic acids is 1. The molecule has 0 spiro atoms. The molecule has 1 amide bonds.